The molecule has 0 saturated carbocycles. The van der Waals surface area contributed by atoms with Crippen molar-refractivity contribution in [2.75, 3.05) is 13.1 Å². The number of benzene rings is 2. The van der Waals surface area contributed by atoms with Crippen LogP contribution >= 0.6 is 0 Å². The molecule has 0 N–H and O–H groups in total. The summed E-state index contributed by atoms with van der Waals surface area (Å²) in [7, 11) is 1.07. The molecule has 2 aromatic rings. The van der Waals surface area contributed by atoms with Gasteiger partial charge in [0.25, 0.3) is 7.55 Å². The Bertz CT molecular complexity index is 453. The van der Waals surface area contributed by atoms with Crippen LogP contribution < -0.4 is 0 Å². The molecule has 0 unspecified atom stereocenters. The maximum Gasteiger partial charge on any atom is 0.292 e. The van der Waals surface area contributed by atoms with E-state index >= 15 is 0 Å². The number of hydrogen-bond donors (Lipinski definition) is 0. The van der Waals surface area contributed by atoms with E-state index in [0.717, 1.165) is 20.6 Å². The van der Waals surface area contributed by atoms with Gasteiger partial charge >= 0.3 is 0 Å². The second-order valence-corrected chi connectivity index (χ2v) is 5.22. The van der Waals surface area contributed by atoms with Gasteiger partial charge in [0.1, 0.15) is 0 Å². The smallest absolute Gasteiger partial charge is 0.292 e. The Kier molecular flexibility index (Phi) is 3.96. The van der Waals surface area contributed by atoms with E-state index in [0.29, 0.717) is 0 Å². The Morgan fingerprint density at radius 1 is 0.684 bits per heavy atom. The number of nitrogens with zero attached hydrogens (tertiary/aromatic N) is 2. The first-order valence-electron chi connectivity index (χ1n) is 6.93. The highest BCUT2D eigenvalue weighted by Gasteiger charge is 2.21. The molecule has 3 rings (SSSR count). The van der Waals surface area contributed by atoms with E-state index in [1.807, 2.05) is 0 Å². The lowest BCUT2D eigenvalue weighted by atomic mass is 10.0. The van der Waals surface area contributed by atoms with Gasteiger partial charge in [-0.05, 0) is 11.1 Å². The summed E-state index contributed by atoms with van der Waals surface area (Å²) in [6, 6.07) is 21.5. The molecule has 0 aromatic heterocycles. The van der Waals surface area contributed by atoms with Gasteiger partial charge in [-0.1, -0.05) is 60.7 Å². The highest BCUT2D eigenvalue weighted by Crippen LogP contribution is 2.12. The first kappa shape index (κ1) is 12.5. The quantitative estimate of drug-likeness (QED) is 0.768. The highest BCUT2D eigenvalue weighted by molar-refractivity contribution is 6.29. The lowest BCUT2D eigenvalue weighted by Gasteiger charge is -2.16. The van der Waals surface area contributed by atoms with E-state index in [2.05, 4.69) is 70.3 Å². The second-order valence-electron chi connectivity index (χ2n) is 5.22. The summed E-state index contributed by atoms with van der Waals surface area (Å²) >= 11 is 0. The summed E-state index contributed by atoms with van der Waals surface area (Å²) in [4.78, 5) is 5.02. The first-order valence-corrected chi connectivity index (χ1v) is 6.93. The minimum Gasteiger partial charge on any atom is -0.326 e. The third kappa shape index (κ3) is 3.46. The third-order valence-corrected chi connectivity index (χ3v) is 3.63. The molecule has 96 valence electrons. The molecular formula is C16H19BN2. The van der Waals surface area contributed by atoms with Crippen molar-refractivity contribution >= 4 is 7.55 Å². The van der Waals surface area contributed by atoms with Crippen LogP contribution in [0.5, 0.6) is 0 Å². The van der Waals surface area contributed by atoms with Gasteiger partial charge in [0.05, 0.1) is 0 Å². The summed E-state index contributed by atoms with van der Waals surface area (Å²) < 4.78 is 0. The predicted octanol–water partition coefficient (Wildman–Crippen LogP) is 2.27. The van der Waals surface area contributed by atoms with E-state index in [1.165, 1.54) is 24.2 Å². The monoisotopic (exact) mass is 250 g/mol. The Morgan fingerprint density at radius 3 is 1.53 bits per heavy atom. The lowest BCUT2D eigenvalue weighted by molar-refractivity contribution is 0.458. The summed E-state index contributed by atoms with van der Waals surface area (Å²) in [6.45, 7) is 4.46. The van der Waals surface area contributed by atoms with Gasteiger partial charge in [-0.3, -0.25) is 0 Å². The molecule has 1 heterocycles. The normalized spacial score (nSPS) is 16.4. The van der Waals surface area contributed by atoms with Crippen molar-refractivity contribution in [1.29, 1.82) is 0 Å². The molecule has 1 aliphatic heterocycles. The summed E-state index contributed by atoms with van der Waals surface area (Å²) in [5.74, 6) is 0. The summed E-state index contributed by atoms with van der Waals surface area (Å²) in [6.07, 6.45) is 0. The molecule has 3 heteroatoms. The van der Waals surface area contributed by atoms with Gasteiger partial charge in [-0.15, -0.1) is 0 Å². The van der Waals surface area contributed by atoms with Crippen molar-refractivity contribution in [1.82, 2.24) is 9.62 Å². The van der Waals surface area contributed by atoms with E-state index < -0.39 is 0 Å². The standard InChI is InChI=1S/C16H19BN2/c1-3-7-15(8-4-1)13-18-11-12-19(17-18)14-16-9-5-2-6-10-16/h1-10,17H,11-14H2. The maximum absolute atomic E-state index is 2.51. The Morgan fingerprint density at radius 2 is 1.11 bits per heavy atom. The molecule has 1 fully saturated rings. The van der Waals surface area contributed by atoms with Crippen LogP contribution in [0.1, 0.15) is 11.1 Å². The number of hydrogen-bond acceptors (Lipinski definition) is 2. The average Bonchev–Trinajstić information content (AvgIpc) is 2.88. The predicted molar refractivity (Wildman–Crippen MR) is 80.9 cm³/mol. The van der Waals surface area contributed by atoms with Crippen LogP contribution in [0.4, 0.5) is 0 Å². The van der Waals surface area contributed by atoms with Gasteiger partial charge < -0.3 is 9.62 Å². The maximum atomic E-state index is 2.51. The van der Waals surface area contributed by atoms with Crippen molar-refractivity contribution in [3.8, 4) is 0 Å². The molecule has 0 aliphatic carbocycles. The van der Waals surface area contributed by atoms with E-state index in [-0.39, 0.29) is 0 Å². The topological polar surface area (TPSA) is 6.48 Å². The van der Waals surface area contributed by atoms with Gasteiger partial charge in [-0.25, -0.2) is 0 Å². The molecule has 1 saturated heterocycles. The summed E-state index contributed by atoms with van der Waals surface area (Å²) in [5, 5.41) is 0. The SMILES string of the molecule is B1N(Cc2ccccc2)CCN1Cc1ccccc1. The molecular weight excluding hydrogens is 231 g/mol. The molecule has 19 heavy (non-hydrogen) atoms. The number of rotatable bonds is 4. The Balaban J connectivity index is 1.53. The summed E-state index contributed by atoms with van der Waals surface area (Å²) in [5.41, 5.74) is 2.81. The van der Waals surface area contributed by atoms with Gasteiger partial charge in [-0.2, -0.15) is 0 Å². The van der Waals surface area contributed by atoms with Crippen LogP contribution in [0, 0.1) is 0 Å². The molecule has 2 aromatic carbocycles. The fourth-order valence-corrected chi connectivity index (χ4v) is 2.65. The molecule has 0 radical (unpaired) electrons. The van der Waals surface area contributed by atoms with Crippen LogP contribution in [0.25, 0.3) is 0 Å². The van der Waals surface area contributed by atoms with Gasteiger partial charge in [0.2, 0.25) is 0 Å². The van der Waals surface area contributed by atoms with Crippen molar-refractivity contribution in [2.24, 2.45) is 0 Å². The zero-order chi connectivity index (χ0) is 12.9. The van der Waals surface area contributed by atoms with Gasteiger partial charge in [0, 0.05) is 26.2 Å². The highest BCUT2D eigenvalue weighted by atomic mass is 15.3. The fourth-order valence-electron chi connectivity index (χ4n) is 2.65. The van der Waals surface area contributed by atoms with Crippen LogP contribution in [0.15, 0.2) is 60.7 Å². The molecule has 0 atom stereocenters. The molecule has 0 spiro atoms. The molecule has 0 amide bonds. The van der Waals surface area contributed by atoms with E-state index in [4.69, 9.17) is 0 Å². The van der Waals surface area contributed by atoms with E-state index in [9.17, 15) is 0 Å². The van der Waals surface area contributed by atoms with Crippen molar-refractivity contribution in [3.05, 3.63) is 71.8 Å². The molecule has 0 bridgehead atoms. The zero-order valence-corrected chi connectivity index (χ0v) is 11.2. The Labute approximate surface area is 115 Å². The van der Waals surface area contributed by atoms with Crippen LogP contribution in [-0.2, 0) is 13.1 Å². The molecule has 2 nitrogen and oxygen atoms in total. The van der Waals surface area contributed by atoms with Crippen LogP contribution in [-0.4, -0.2) is 30.3 Å². The minimum absolute atomic E-state index is 1.06. The Hall–Kier alpha value is -1.58. The molecule has 1 aliphatic rings. The fraction of sp³-hybridized carbons (Fsp3) is 0.250. The lowest BCUT2D eigenvalue weighted by Crippen LogP contribution is -2.29. The van der Waals surface area contributed by atoms with Crippen LogP contribution in [0.2, 0.25) is 0 Å². The first-order chi connectivity index (χ1) is 9.40. The second kappa shape index (κ2) is 6.05. The average molecular weight is 250 g/mol. The third-order valence-electron chi connectivity index (χ3n) is 3.63. The van der Waals surface area contributed by atoms with Crippen molar-refractivity contribution in [3.63, 3.8) is 0 Å². The van der Waals surface area contributed by atoms with Crippen molar-refractivity contribution < 1.29 is 0 Å². The minimum atomic E-state index is 1.06. The largest absolute Gasteiger partial charge is 0.326 e. The zero-order valence-electron chi connectivity index (χ0n) is 11.2. The van der Waals surface area contributed by atoms with Crippen molar-refractivity contribution in [2.45, 2.75) is 13.1 Å². The van der Waals surface area contributed by atoms with E-state index in [1.54, 1.807) is 0 Å². The van der Waals surface area contributed by atoms with Crippen LogP contribution in [0.3, 0.4) is 0 Å². The van der Waals surface area contributed by atoms with Gasteiger partial charge in [0.15, 0.2) is 0 Å².